The highest BCUT2D eigenvalue weighted by molar-refractivity contribution is 7.15. The zero-order valence-electron chi connectivity index (χ0n) is 9.11. The van der Waals surface area contributed by atoms with Crippen molar-refractivity contribution in [2.45, 2.75) is 13.3 Å². The third kappa shape index (κ3) is 2.33. The molecule has 1 aromatic carbocycles. The second-order valence-corrected chi connectivity index (χ2v) is 4.91. The van der Waals surface area contributed by atoms with Crippen LogP contribution in [0.1, 0.15) is 22.4 Å². The molecule has 0 amide bonds. The van der Waals surface area contributed by atoms with Crippen molar-refractivity contribution < 1.29 is 9.90 Å². The molecule has 0 unspecified atom stereocenters. The number of thiazole rings is 1. The van der Waals surface area contributed by atoms with Crippen molar-refractivity contribution in [3.63, 3.8) is 0 Å². The first-order valence-electron chi connectivity index (χ1n) is 5.11. The van der Waals surface area contributed by atoms with E-state index >= 15 is 0 Å². The van der Waals surface area contributed by atoms with Crippen molar-refractivity contribution >= 4 is 28.9 Å². The number of nitrogens with zero attached hydrogens (tertiary/aromatic N) is 1. The van der Waals surface area contributed by atoms with E-state index in [2.05, 4.69) is 4.98 Å². The molecule has 0 saturated heterocycles. The van der Waals surface area contributed by atoms with Crippen molar-refractivity contribution in [3.8, 4) is 10.4 Å². The number of hydrogen-bond donors (Lipinski definition) is 1. The minimum Gasteiger partial charge on any atom is -0.476 e. The molecule has 3 nitrogen and oxygen atoms in total. The van der Waals surface area contributed by atoms with Crippen molar-refractivity contribution in [1.82, 2.24) is 4.98 Å². The lowest BCUT2D eigenvalue weighted by atomic mass is 10.1. The van der Waals surface area contributed by atoms with Gasteiger partial charge in [-0.05, 0) is 12.5 Å². The van der Waals surface area contributed by atoms with E-state index in [1.54, 1.807) is 6.07 Å². The van der Waals surface area contributed by atoms with Crippen molar-refractivity contribution in [1.29, 1.82) is 0 Å². The zero-order valence-corrected chi connectivity index (χ0v) is 10.7. The summed E-state index contributed by atoms with van der Waals surface area (Å²) in [5, 5.41) is 10.5. The van der Waals surface area contributed by atoms with Gasteiger partial charge in [0, 0.05) is 10.6 Å². The van der Waals surface area contributed by atoms with Gasteiger partial charge in [-0.3, -0.25) is 0 Å². The molecule has 17 heavy (non-hydrogen) atoms. The van der Waals surface area contributed by atoms with E-state index in [1.807, 2.05) is 25.1 Å². The molecule has 0 spiro atoms. The van der Waals surface area contributed by atoms with E-state index < -0.39 is 5.97 Å². The number of aromatic nitrogens is 1. The predicted molar refractivity (Wildman–Crippen MR) is 68.9 cm³/mol. The molecular weight excluding hydrogens is 258 g/mol. The molecule has 88 valence electrons. The second-order valence-electron chi connectivity index (χ2n) is 3.42. The van der Waals surface area contributed by atoms with Gasteiger partial charge in [-0.25, -0.2) is 9.78 Å². The number of aromatic carboxylic acids is 1. The van der Waals surface area contributed by atoms with Crippen LogP contribution in [-0.2, 0) is 6.42 Å². The van der Waals surface area contributed by atoms with Gasteiger partial charge in [-0.2, -0.15) is 0 Å². The lowest BCUT2D eigenvalue weighted by Gasteiger charge is -2.01. The standard InChI is InChI=1S/C12H10ClNO2S/c1-2-9-14-10(12(15)16)11(17-9)7-5-3-4-6-8(7)13/h3-6H,2H2,1H3,(H,15,16). The molecule has 0 atom stereocenters. The molecule has 1 aromatic heterocycles. The van der Waals surface area contributed by atoms with E-state index in [9.17, 15) is 4.79 Å². The van der Waals surface area contributed by atoms with Gasteiger partial charge in [-0.15, -0.1) is 11.3 Å². The Morgan fingerprint density at radius 3 is 2.76 bits per heavy atom. The summed E-state index contributed by atoms with van der Waals surface area (Å²) in [5.74, 6) is -1.02. The molecule has 0 aliphatic carbocycles. The van der Waals surface area contributed by atoms with E-state index in [0.717, 1.165) is 17.0 Å². The molecule has 2 aromatic rings. The Kier molecular flexibility index (Phi) is 3.45. The lowest BCUT2D eigenvalue weighted by molar-refractivity contribution is 0.0692. The third-order valence-corrected chi connectivity index (χ3v) is 3.86. The van der Waals surface area contributed by atoms with Crippen LogP contribution in [0.25, 0.3) is 10.4 Å². The first kappa shape index (κ1) is 12.1. The monoisotopic (exact) mass is 267 g/mol. The summed E-state index contributed by atoms with van der Waals surface area (Å²) >= 11 is 7.45. The predicted octanol–water partition coefficient (Wildman–Crippen LogP) is 3.72. The maximum absolute atomic E-state index is 11.1. The molecule has 0 saturated carbocycles. The summed E-state index contributed by atoms with van der Waals surface area (Å²) in [6.45, 7) is 1.95. The van der Waals surface area contributed by atoms with Gasteiger partial charge in [0.15, 0.2) is 5.69 Å². The maximum atomic E-state index is 11.1. The molecule has 1 N–H and O–H groups in total. The average Bonchev–Trinajstić information content (AvgIpc) is 2.73. The number of benzene rings is 1. The molecule has 0 aliphatic heterocycles. The molecule has 1 heterocycles. The van der Waals surface area contributed by atoms with Gasteiger partial charge in [0.2, 0.25) is 0 Å². The highest BCUT2D eigenvalue weighted by Gasteiger charge is 2.19. The number of halogens is 1. The van der Waals surface area contributed by atoms with Crippen LogP contribution in [0, 0.1) is 0 Å². The van der Waals surface area contributed by atoms with Gasteiger partial charge < -0.3 is 5.11 Å². The Labute approximate surface area is 108 Å². The normalized spacial score (nSPS) is 10.5. The van der Waals surface area contributed by atoms with Crippen molar-refractivity contribution in [2.75, 3.05) is 0 Å². The summed E-state index contributed by atoms with van der Waals surface area (Å²) in [6, 6.07) is 7.20. The fourth-order valence-corrected chi connectivity index (χ4v) is 2.81. The Bertz CT molecular complexity index is 565. The molecule has 0 radical (unpaired) electrons. The van der Waals surface area contributed by atoms with E-state index in [1.165, 1.54) is 11.3 Å². The molecule has 2 rings (SSSR count). The van der Waals surface area contributed by atoms with Crippen molar-refractivity contribution in [2.24, 2.45) is 0 Å². The first-order chi connectivity index (χ1) is 8.13. The molecule has 0 fully saturated rings. The zero-order chi connectivity index (χ0) is 12.4. The van der Waals surface area contributed by atoms with E-state index in [-0.39, 0.29) is 5.69 Å². The summed E-state index contributed by atoms with van der Waals surface area (Å²) in [6.07, 6.45) is 0.718. The van der Waals surface area contributed by atoms with Crippen LogP contribution in [0.5, 0.6) is 0 Å². The van der Waals surface area contributed by atoms with Gasteiger partial charge in [0.05, 0.1) is 9.88 Å². The van der Waals surface area contributed by atoms with Gasteiger partial charge in [0.25, 0.3) is 0 Å². The summed E-state index contributed by atoms with van der Waals surface area (Å²) < 4.78 is 0. The third-order valence-electron chi connectivity index (χ3n) is 2.29. The average molecular weight is 268 g/mol. The summed E-state index contributed by atoms with van der Waals surface area (Å²) in [7, 11) is 0. The van der Waals surface area contributed by atoms with Gasteiger partial charge >= 0.3 is 5.97 Å². The van der Waals surface area contributed by atoms with Gasteiger partial charge in [0.1, 0.15) is 0 Å². The highest BCUT2D eigenvalue weighted by atomic mass is 35.5. The minimum absolute atomic E-state index is 0.0833. The topological polar surface area (TPSA) is 50.2 Å². The smallest absolute Gasteiger partial charge is 0.356 e. The Balaban J connectivity index is 2.62. The summed E-state index contributed by atoms with van der Waals surface area (Å²) in [5.41, 5.74) is 0.809. The highest BCUT2D eigenvalue weighted by Crippen LogP contribution is 2.35. The number of carboxylic acid groups (broad SMARTS) is 1. The van der Waals surface area contributed by atoms with E-state index in [4.69, 9.17) is 16.7 Å². The Hall–Kier alpha value is -1.39. The lowest BCUT2D eigenvalue weighted by Crippen LogP contribution is -1.99. The van der Waals surface area contributed by atoms with E-state index in [0.29, 0.717) is 9.90 Å². The quantitative estimate of drug-likeness (QED) is 0.922. The number of carboxylic acids is 1. The van der Waals surface area contributed by atoms with Crippen LogP contribution >= 0.6 is 22.9 Å². The minimum atomic E-state index is -1.02. The van der Waals surface area contributed by atoms with Crippen LogP contribution in [0.4, 0.5) is 0 Å². The largest absolute Gasteiger partial charge is 0.476 e. The molecular formula is C12H10ClNO2S. The number of aryl methyl sites for hydroxylation is 1. The van der Waals surface area contributed by atoms with Gasteiger partial charge in [-0.1, -0.05) is 36.7 Å². The van der Waals surface area contributed by atoms with Crippen molar-refractivity contribution in [3.05, 3.63) is 40.0 Å². The number of hydrogen-bond acceptors (Lipinski definition) is 3. The van der Waals surface area contributed by atoms with Crippen LogP contribution in [-0.4, -0.2) is 16.1 Å². The SMILES string of the molecule is CCc1nc(C(=O)O)c(-c2ccccc2Cl)s1. The fourth-order valence-electron chi connectivity index (χ4n) is 1.49. The fraction of sp³-hybridized carbons (Fsp3) is 0.167. The summed E-state index contributed by atoms with van der Waals surface area (Å²) in [4.78, 5) is 15.9. The second kappa shape index (κ2) is 4.85. The van der Waals surface area contributed by atoms with Crippen LogP contribution in [0.15, 0.2) is 24.3 Å². The van der Waals surface area contributed by atoms with Crippen LogP contribution in [0.3, 0.4) is 0 Å². The maximum Gasteiger partial charge on any atom is 0.356 e. The number of rotatable bonds is 3. The Morgan fingerprint density at radius 1 is 1.47 bits per heavy atom. The molecule has 5 heteroatoms. The molecule has 0 aliphatic rings. The number of carbonyl (C=O) groups is 1. The first-order valence-corrected chi connectivity index (χ1v) is 6.30. The van der Waals surface area contributed by atoms with Crippen LogP contribution in [0.2, 0.25) is 5.02 Å². The van der Waals surface area contributed by atoms with Crippen LogP contribution < -0.4 is 0 Å². The molecule has 0 bridgehead atoms. The Morgan fingerprint density at radius 2 is 2.18 bits per heavy atom.